The molecule has 0 aromatic heterocycles. The molecule has 138 valence electrons. The molecule has 1 aliphatic rings. The Balaban J connectivity index is 1.58. The minimum absolute atomic E-state index is 0.0866. The van der Waals surface area contributed by atoms with Gasteiger partial charge in [0.1, 0.15) is 17.6 Å². The summed E-state index contributed by atoms with van der Waals surface area (Å²) in [5.74, 6) is 1.10. The lowest BCUT2D eigenvalue weighted by molar-refractivity contribution is -0.141. The second kappa shape index (κ2) is 8.62. The number of morpholine rings is 1. The van der Waals surface area contributed by atoms with E-state index in [1.54, 1.807) is 30.2 Å². The van der Waals surface area contributed by atoms with E-state index in [4.69, 9.17) is 37.4 Å². The van der Waals surface area contributed by atoms with Crippen LogP contribution in [0.5, 0.6) is 11.5 Å². The van der Waals surface area contributed by atoms with E-state index in [1.807, 2.05) is 24.3 Å². The smallest absolute Gasteiger partial charge is 0.260 e. The Morgan fingerprint density at radius 1 is 1.23 bits per heavy atom. The average Bonchev–Trinajstić information content (AvgIpc) is 2.67. The number of halogens is 2. The van der Waals surface area contributed by atoms with Crippen molar-refractivity contribution in [3.05, 3.63) is 58.1 Å². The summed E-state index contributed by atoms with van der Waals surface area (Å²) in [4.78, 5) is 14.2. The topological polar surface area (TPSA) is 48.0 Å². The lowest BCUT2D eigenvalue weighted by atomic mass is 10.1. The summed E-state index contributed by atoms with van der Waals surface area (Å²) in [5.41, 5.74) is 1.00. The first kappa shape index (κ1) is 18.8. The molecule has 7 heteroatoms. The number of hydrogen-bond donors (Lipinski definition) is 0. The van der Waals surface area contributed by atoms with Crippen molar-refractivity contribution in [1.82, 2.24) is 4.90 Å². The number of carbonyl (C=O) groups is 1. The fourth-order valence-electron chi connectivity index (χ4n) is 2.72. The van der Waals surface area contributed by atoms with Crippen molar-refractivity contribution >= 4 is 29.1 Å². The number of nitrogens with zero attached hydrogens (tertiary/aromatic N) is 1. The van der Waals surface area contributed by atoms with Crippen molar-refractivity contribution in [2.24, 2.45) is 0 Å². The van der Waals surface area contributed by atoms with Gasteiger partial charge in [-0.25, -0.2) is 0 Å². The summed E-state index contributed by atoms with van der Waals surface area (Å²) in [6.45, 7) is 1.40. The molecule has 2 aromatic rings. The normalized spacial score (nSPS) is 17.0. The largest absolute Gasteiger partial charge is 0.497 e. The highest BCUT2D eigenvalue weighted by molar-refractivity contribution is 6.35. The van der Waals surface area contributed by atoms with Crippen molar-refractivity contribution in [1.29, 1.82) is 0 Å². The SMILES string of the molecule is COc1ccc(C2CN(C(=O)COc3ccc(Cl)cc3Cl)CCO2)cc1. The van der Waals surface area contributed by atoms with Gasteiger partial charge in [0, 0.05) is 11.6 Å². The number of rotatable bonds is 5. The quantitative estimate of drug-likeness (QED) is 0.767. The monoisotopic (exact) mass is 395 g/mol. The van der Waals surface area contributed by atoms with Gasteiger partial charge in [0.25, 0.3) is 5.91 Å². The van der Waals surface area contributed by atoms with Crippen LogP contribution in [0.4, 0.5) is 0 Å². The highest BCUT2D eigenvalue weighted by Crippen LogP contribution is 2.28. The standard InChI is InChI=1S/C19H19Cl2NO4/c1-24-15-5-2-13(3-6-15)18-11-22(8-9-25-18)19(23)12-26-17-7-4-14(20)10-16(17)21/h2-7,10,18H,8-9,11-12H2,1H3. The summed E-state index contributed by atoms with van der Waals surface area (Å²) in [7, 11) is 1.62. The molecule has 0 N–H and O–H groups in total. The molecule has 2 aromatic carbocycles. The molecule has 0 aliphatic carbocycles. The van der Waals surface area contributed by atoms with Gasteiger partial charge in [-0.3, -0.25) is 4.79 Å². The van der Waals surface area contributed by atoms with Gasteiger partial charge in [-0.05, 0) is 35.9 Å². The van der Waals surface area contributed by atoms with Crippen LogP contribution in [0.3, 0.4) is 0 Å². The highest BCUT2D eigenvalue weighted by Gasteiger charge is 2.25. The molecule has 1 saturated heterocycles. The van der Waals surface area contributed by atoms with Gasteiger partial charge in [-0.2, -0.15) is 0 Å². The zero-order chi connectivity index (χ0) is 18.5. The summed E-state index contributed by atoms with van der Waals surface area (Å²) in [6, 6.07) is 12.6. The van der Waals surface area contributed by atoms with Gasteiger partial charge in [0.05, 0.1) is 25.3 Å². The molecule has 1 amide bonds. The molecule has 0 radical (unpaired) electrons. The predicted octanol–water partition coefficient (Wildman–Crippen LogP) is 3.98. The van der Waals surface area contributed by atoms with E-state index >= 15 is 0 Å². The third-order valence-corrected chi connectivity index (χ3v) is 4.68. The third kappa shape index (κ3) is 4.61. The molecule has 1 aliphatic heterocycles. The van der Waals surface area contributed by atoms with Crippen molar-refractivity contribution in [2.45, 2.75) is 6.10 Å². The van der Waals surface area contributed by atoms with E-state index in [1.165, 1.54) is 0 Å². The van der Waals surface area contributed by atoms with Crippen LogP contribution in [0.1, 0.15) is 11.7 Å². The number of hydrogen-bond acceptors (Lipinski definition) is 4. The maximum absolute atomic E-state index is 12.5. The van der Waals surface area contributed by atoms with Crippen LogP contribution in [0.25, 0.3) is 0 Å². The summed E-state index contributed by atoms with van der Waals surface area (Å²) >= 11 is 11.9. The van der Waals surface area contributed by atoms with Gasteiger partial charge in [0.15, 0.2) is 6.61 Å². The fourth-order valence-corrected chi connectivity index (χ4v) is 3.18. The summed E-state index contributed by atoms with van der Waals surface area (Å²) in [6.07, 6.45) is -0.169. The molecule has 1 atom stereocenters. The van der Waals surface area contributed by atoms with E-state index in [0.717, 1.165) is 11.3 Å². The molecule has 0 bridgehead atoms. The van der Waals surface area contributed by atoms with Crippen molar-refractivity contribution in [3.63, 3.8) is 0 Å². The maximum Gasteiger partial charge on any atom is 0.260 e. The fraction of sp³-hybridized carbons (Fsp3) is 0.316. The van der Waals surface area contributed by atoms with E-state index in [9.17, 15) is 4.79 Å². The van der Waals surface area contributed by atoms with Crippen molar-refractivity contribution in [2.75, 3.05) is 33.4 Å². The van der Waals surface area contributed by atoms with Crippen LogP contribution < -0.4 is 9.47 Å². The predicted molar refractivity (Wildman–Crippen MR) is 100 cm³/mol. The van der Waals surface area contributed by atoms with Gasteiger partial charge in [-0.15, -0.1) is 0 Å². The Labute approximate surface area is 162 Å². The first-order chi connectivity index (χ1) is 12.6. The second-order valence-electron chi connectivity index (χ2n) is 5.84. The van der Waals surface area contributed by atoms with Crippen LogP contribution in [-0.4, -0.2) is 44.2 Å². The van der Waals surface area contributed by atoms with Crippen LogP contribution in [0.2, 0.25) is 10.0 Å². The van der Waals surface area contributed by atoms with Gasteiger partial charge in [0.2, 0.25) is 0 Å². The molecule has 1 fully saturated rings. The van der Waals surface area contributed by atoms with Gasteiger partial charge in [-0.1, -0.05) is 35.3 Å². The third-order valence-electron chi connectivity index (χ3n) is 4.15. The van der Waals surface area contributed by atoms with E-state index in [0.29, 0.717) is 35.5 Å². The maximum atomic E-state index is 12.5. The van der Waals surface area contributed by atoms with E-state index < -0.39 is 0 Å². The number of amides is 1. The van der Waals surface area contributed by atoms with Crippen LogP contribution in [-0.2, 0) is 9.53 Å². The van der Waals surface area contributed by atoms with Gasteiger partial charge < -0.3 is 19.1 Å². The molecular weight excluding hydrogens is 377 g/mol. The number of benzene rings is 2. The molecule has 0 saturated carbocycles. The lowest BCUT2D eigenvalue weighted by Crippen LogP contribution is -2.44. The molecular formula is C19H19Cl2NO4. The molecule has 5 nitrogen and oxygen atoms in total. The van der Waals surface area contributed by atoms with Crippen LogP contribution >= 0.6 is 23.2 Å². The second-order valence-corrected chi connectivity index (χ2v) is 6.68. The average molecular weight is 396 g/mol. The first-order valence-corrected chi connectivity index (χ1v) is 8.93. The summed E-state index contributed by atoms with van der Waals surface area (Å²) < 4.78 is 16.5. The van der Waals surface area contributed by atoms with Crippen LogP contribution in [0, 0.1) is 0 Å². The number of carbonyl (C=O) groups excluding carboxylic acids is 1. The Kier molecular flexibility index (Phi) is 6.25. The molecule has 26 heavy (non-hydrogen) atoms. The van der Waals surface area contributed by atoms with Crippen molar-refractivity contribution < 1.29 is 19.0 Å². The Hall–Kier alpha value is -1.95. The highest BCUT2D eigenvalue weighted by atomic mass is 35.5. The molecule has 0 spiro atoms. The Morgan fingerprint density at radius 2 is 2.00 bits per heavy atom. The lowest BCUT2D eigenvalue weighted by Gasteiger charge is -2.33. The van der Waals surface area contributed by atoms with Gasteiger partial charge >= 0.3 is 0 Å². The van der Waals surface area contributed by atoms with E-state index in [-0.39, 0.29) is 18.6 Å². The summed E-state index contributed by atoms with van der Waals surface area (Å²) in [5, 5.41) is 0.896. The number of methoxy groups -OCH3 is 1. The number of ether oxygens (including phenoxy) is 3. The zero-order valence-corrected chi connectivity index (χ0v) is 15.8. The van der Waals surface area contributed by atoms with E-state index in [2.05, 4.69) is 0 Å². The molecule has 1 unspecified atom stereocenters. The first-order valence-electron chi connectivity index (χ1n) is 8.18. The van der Waals surface area contributed by atoms with Crippen molar-refractivity contribution in [3.8, 4) is 11.5 Å². The molecule has 1 heterocycles. The molecule has 3 rings (SSSR count). The Morgan fingerprint density at radius 3 is 2.69 bits per heavy atom. The minimum atomic E-state index is -0.169. The Bertz CT molecular complexity index is 767. The van der Waals surface area contributed by atoms with Crippen LogP contribution in [0.15, 0.2) is 42.5 Å². The zero-order valence-electron chi connectivity index (χ0n) is 14.3. The minimum Gasteiger partial charge on any atom is -0.497 e.